The quantitative estimate of drug-likeness (QED) is 0.848. The van der Waals surface area contributed by atoms with Crippen LogP contribution < -0.4 is 10.6 Å². The SMILES string of the molecule is CC(CCN)C(=O)N1c2ccccc2C[C@H]1C(=O)O. The number of carbonyl (C=O) groups excluding carboxylic acids is 1. The van der Waals surface area contributed by atoms with Gasteiger partial charge in [-0.2, -0.15) is 0 Å². The van der Waals surface area contributed by atoms with E-state index in [0.717, 1.165) is 5.56 Å². The molecule has 5 nitrogen and oxygen atoms in total. The summed E-state index contributed by atoms with van der Waals surface area (Å²) in [4.78, 5) is 25.2. The fourth-order valence-electron chi connectivity index (χ4n) is 2.47. The van der Waals surface area contributed by atoms with Gasteiger partial charge in [-0.15, -0.1) is 0 Å². The first-order valence-electron chi connectivity index (χ1n) is 6.40. The lowest BCUT2D eigenvalue weighted by Crippen LogP contribution is -2.45. The van der Waals surface area contributed by atoms with Crippen LogP contribution in [0.15, 0.2) is 24.3 Å². The molecule has 1 aliphatic heterocycles. The minimum atomic E-state index is -0.968. The Kier molecular flexibility index (Phi) is 3.85. The Balaban J connectivity index is 2.34. The molecule has 1 aromatic carbocycles. The van der Waals surface area contributed by atoms with E-state index < -0.39 is 12.0 Å². The Bertz CT molecular complexity index is 501. The van der Waals surface area contributed by atoms with Crippen molar-refractivity contribution in [2.45, 2.75) is 25.8 Å². The number of carboxylic acid groups (broad SMARTS) is 1. The highest BCUT2D eigenvalue weighted by atomic mass is 16.4. The molecule has 1 aromatic rings. The van der Waals surface area contributed by atoms with Crippen molar-refractivity contribution in [3.8, 4) is 0 Å². The second kappa shape index (κ2) is 5.40. The first kappa shape index (κ1) is 13.5. The van der Waals surface area contributed by atoms with Gasteiger partial charge < -0.3 is 10.8 Å². The van der Waals surface area contributed by atoms with E-state index in [1.807, 2.05) is 18.2 Å². The summed E-state index contributed by atoms with van der Waals surface area (Å²) in [6, 6.07) is 6.54. The number of para-hydroxylation sites is 1. The van der Waals surface area contributed by atoms with Crippen molar-refractivity contribution < 1.29 is 14.7 Å². The Labute approximate surface area is 112 Å². The first-order valence-corrected chi connectivity index (χ1v) is 6.40. The van der Waals surface area contributed by atoms with Crippen LogP contribution in [0.1, 0.15) is 18.9 Å². The van der Waals surface area contributed by atoms with Gasteiger partial charge in [-0.1, -0.05) is 25.1 Å². The number of anilines is 1. The lowest BCUT2D eigenvalue weighted by Gasteiger charge is -2.25. The van der Waals surface area contributed by atoms with Crippen LogP contribution in [0.3, 0.4) is 0 Å². The largest absolute Gasteiger partial charge is 0.480 e. The molecular formula is C14H18N2O3. The van der Waals surface area contributed by atoms with Crippen molar-refractivity contribution in [1.82, 2.24) is 0 Å². The number of benzene rings is 1. The lowest BCUT2D eigenvalue weighted by atomic mass is 10.1. The molecule has 102 valence electrons. The number of hydrogen-bond donors (Lipinski definition) is 2. The molecule has 2 rings (SSSR count). The van der Waals surface area contributed by atoms with Crippen LogP contribution in [0.25, 0.3) is 0 Å². The molecule has 1 aliphatic rings. The number of aliphatic carboxylic acids is 1. The number of carbonyl (C=O) groups is 2. The van der Waals surface area contributed by atoms with Crippen molar-refractivity contribution in [1.29, 1.82) is 0 Å². The molecule has 0 bridgehead atoms. The number of fused-ring (bicyclic) bond motifs is 1. The van der Waals surface area contributed by atoms with Crippen LogP contribution in [0.2, 0.25) is 0 Å². The monoisotopic (exact) mass is 262 g/mol. The maximum Gasteiger partial charge on any atom is 0.327 e. The average Bonchev–Trinajstić information content (AvgIpc) is 2.77. The van der Waals surface area contributed by atoms with Gasteiger partial charge in [-0.25, -0.2) is 4.79 Å². The molecule has 0 fully saturated rings. The average molecular weight is 262 g/mol. The highest BCUT2D eigenvalue weighted by Crippen LogP contribution is 2.33. The van der Waals surface area contributed by atoms with Gasteiger partial charge in [0, 0.05) is 18.0 Å². The summed E-state index contributed by atoms with van der Waals surface area (Å²) in [6.45, 7) is 2.20. The zero-order valence-corrected chi connectivity index (χ0v) is 10.9. The maximum absolute atomic E-state index is 12.4. The minimum absolute atomic E-state index is 0.164. The predicted molar refractivity (Wildman–Crippen MR) is 71.9 cm³/mol. The van der Waals surface area contributed by atoms with Crippen LogP contribution in [-0.2, 0) is 16.0 Å². The summed E-state index contributed by atoms with van der Waals surface area (Å²) in [6.07, 6.45) is 0.927. The number of hydrogen-bond acceptors (Lipinski definition) is 3. The molecule has 0 radical (unpaired) electrons. The Morgan fingerprint density at radius 2 is 2.16 bits per heavy atom. The van der Waals surface area contributed by atoms with E-state index in [-0.39, 0.29) is 11.8 Å². The smallest absolute Gasteiger partial charge is 0.327 e. The van der Waals surface area contributed by atoms with Crippen molar-refractivity contribution in [3.63, 3.8) is 0 Å². The van der Waals surface area contributed by atoms with Gasteiger partial charge in [0.2, 0.25) is 5.91 Å². The molecule has 5 heteroatoms. The van der Waals surface area contributed by atoms with Crippen LogP contribution in [-0.4, -0.2) is 29.6 Å². The maximum atomic E-state index is 12.4. The van der Waals surface area contributed by atoms with Gasteiger partial charge in [0.25, 0.3) is 0 Å². The van der Waals surface area contributed by atoms with Gasteiger partial charge in [0.05, 0.1) is 0 Å². The number of amides is 1. The molecule has 2 atom stereocenters. The molecule has 0 spiro atoms. The van der Waals surface area contributed by atoms with Crippen molar-refractivity contribution in [3.05, 3.63) is 29.8 Å². The zero-order valence-electron chi connectivity index (χ0n) is 10.9. The molecule has 19 heavy (non-hydrogen) atoms. The van der Waals surface area contributed by atoms with E-state index in [9.17, 15) is 14.7 Å². The Hall–Kier alpha value is -1.88. The van der Waals surface area contributed by atoms with Crippen molar-refractivity contribution in [2.24, 2.45) is 11.7 Å². The highest BCUT2D eigenvalue weighted by molar-refractivity contribution is 6.02. The highest BCUT2D eigenvalue weighted by Gasteiger charge is 2.39. The molecule has 1 amide bonds. The summed E-state index contributed by atoms with van der Waals surface area (Å²) in [7, 11) is 0. The second-order valence-electron chi connectivity index (χ2n) is 4.87. The van der Waals surface area contributed by atoms with Crippen molar-refractivity contribution in [2.75, 3.05) is 11.4 Å². The Morgan fingerprint density at radius 3 is 2.79 bits per heavy atom. The molecular weight excluding hydrogens is 244 g/mol. The Morgan fingerprint density at radius 1 is 1.47 bits per heavy atom. The van der Waals surface area contributed by atoms with E-state index in [0.29, 0.717) is 25.1 Å². The molecule has 0 saturated heterocycles. The van der Waals surface area contributed by atoms with Gasteiger partial charge in [0.1, 0.15) is 6.04 Å². The van der Waals surface area contributed by atoms with E-state index in [1.165, 1.54) is 4.90 Å². The third kappa shape index (κ3) is 2.46. The molecule has 0 aromatic heterocycles. The second-order valence-corrected chi connectivity index (χ2v) is 4.87. The molecule has 0 saturated carbocycles. The third-order valence-electron chi connectivity index (χ3n) is 3.52. The van der Waals surface area contributed by atoms with Gasteiger partial charge in [0.15, 0.2) is 0 Å². The molecule has 0 aliphatic carbocycles. The van der Waals surface area contributed by atoms with E-state index >= 15 is 0 Å². The van der Waals surface area contributed by atoms with Crippen LogP contribution in [0.5, 0.6) is 0 Å². The van der Waals surface area contributed by atoms with E-state index in [1.54, 1.807) is 13.0 Å². The standard InChI is InChI=1S/C14H18N2O3/c1-9(6-7-15)13(17)16-11-5-3-2-4-10(11)8-12(16)14(18)19/h2-5,9,12H,6-8,15H2,1H3,(H,18,19)/t9?,12-/m0/s1. The summed E-state index contributed by atoms with van der Waals surface area (Å²) in [5.41, 5.74) is 7.09. The van der Waals surface area contributed by atoms with Crippen molar-refractivity contribution >= 4 is 17.6 Å². The van der Waals surface area contributed by atoms with E-state index in [2.05, 4.69) is 0 Å². The fourth-order valence-corrected chi connectivity index (χ4v) is 2.47. The van der Waals surface area contributed by atoms with E-state index in [4.69, 9.17) is 5.73 Å². The van der Waals surface area contributed by atoms with Gasteiger partial charge >= 0.3 is 5.97 Å². The van der Waals surface area contributed by atoms with Gasteiger partial charge in [-0.05, 0) is 24.6 Å². The number of rotatable bonds is 4. The predicted octanol–water partition coefficient (Wildman–Crippen LogP) is 1.01. The zero-order chi connectivity index (χ0) is 14.0. The first-order chi connectivity index (χ1) is 9.06. The molecule has 1 heterocycles. The summed E-state index contributed by atoms with van der Waals surface area (Å²) in [5, 5.41) is 9.30. The normalized spacial score (nSPS) is 19.1. The van der Waals surface area contributed by atoms with Crippen LogP contribution in [0, 0.1) is 5.92 Å². The summed E-state index contributed by atoms with van der Waals surface area (Å²) >= 11 is 0. The number of nitrogens with two attached hydrogens (primary N) is 1. The lowest BCUT2D eigenvalue weighted by molar-refractivity contribution is -0.140. The van der Waals surface area contributed by atoms with Crippen LogP contribution >= 0.6 is 0 Å². The van der Waals surface area contributed by atoms with Crippen LogP contribution in [0.4, 0.5) is 5.69 Å². The topological polar surface area (TPSA) is 83.6 Å². The third-order valence-corrected chi connectivity index (χ3v) is 3.52. The fraction of sp³-hybridized carbons (Fsp3) is 0.429. The summed E-state index contributed by atoms with van der Waals surface area (Å²) < 4.78 is 0. The molecule has 3 N–H and O–H groups in total. The summed E-state index contributed by atoms with van der Waals surface area (Å²) in [5.74, 6) is -1.40. The van der Waals surface area contributed by atoms with Gasteiger partial charge in [-0.3, -0.25) is 9.69 Å². The number of nitrogens with zero attached hydrogens (tertiary/aromatic N) is 1. The number of carboxylic acids is 1. The minimum Gasteiger partial charge on any atom is -0.480 e. The molecule has 1 unspecified atom stereocenters.